The molecule has 1 aromatic carbocycles. The third-order valence-electron chi connectivity index (χ3n) is 2.91. The van der Waals surface area contributed by atoms with E-state index in [2.05, 4.69) is 4.98 Å². The van der Waals surface area contributed by atoms with Crippen LogP contribution in [0.3, 0.4) is 0 Å². The summed E-state index contributed by atoms with van der Waals surface area (Å²) in [5, 5.41) is 0.543. The molecule has 0 aliphatic carbocycles. The van der Waals surface area contributed by atoms with Crippen molar-refractivity contribution >= 4 is 32.7 Å². The van der Waals surface area contributed by atoms with Crippen molar-refractivity contribution in [3.63, 3.8) is 0 Å². The number of nitrogen functional groups attached to an aromatic ring is 1. The van der Waals surface area contributed by atoms with Gasteiger partial charge in [0.2, 0.25) is 0 Å². The van der Waals surface area contributed by atoms with Crippen LogP contribution in [0.25, 0.3) is 10.2 Å². The third kappa shape index (κ3) is 2.31. The number of hydrogen-bond acceptors (Lipinski definition) is 5. The van der Waals surface area contributed by atoms with E-state index in [4.69, 9.17) is 10.5 Å². The Morgan fingerprint density at radius 1 is 1.44 bits per heavy atom. The molecule has 1 unspecified atom stereocenters. The summed E-state index contributed by atoms with van der Waals surface area (Å²) in [6.07, 6.45) is 0. The number of anilines is 1. The molecule has 4 nitrogen and oxygen atoms in total. The lowest BCUT2D eigenvalue weighted by molar-refractivity contribution is -0.143. The van der Waals surface area contributed by atoms with E-state index in [9.17, 15) is 4.79 Å². The van der Waals surface area contributed by atoms with Crippen molar-refractivity contribution in [2.24, 2.45) is 5.92 Å². The van der Waals surface area contributed by atoms with Gasteiger partial charge in [-0.05, 0) is 23.6 Å². The van der Waals surface area contributed by atoms with E-state index in [1.165, 1.54) is 18.4 Å². The van der Waals surface area contributed by atoms with Gasteiger partial charge in [0.05, 0.1) is 23.2 Å². The number of hydrogen-bond donors (Lipinski definition) is 1. The van der Waals surface area contributed by atoms with Crippen molar-refractivity contribution in [3.05, 3.63) is 23.8 Å². The van der Waals surface area contributed by atoms with Gasteiger partial charge < -0.3 is 10.5 Å². The standard InChI is InChI=1S/C13H16N2O2S/c1-7(2)11(12(16)17-3)8-4-5-9-10(6-8)18-13(14)15-9/h4-7,11H,1-3H3,(H2,14,15). The van der Waals surface area contributed by atoms with Gasteiger partial charge in [-0.2, -0.15) is 0 Å². The Bertz CT molecular complexity index is 577. The number of methoxy groups -OCH3 is 1. The normalized spacial score (nSPS) is 12.9. The second-order valence-electron chi connectivity index (χ2n) is 4.52. The number of esters is 1. The zero-order chi connectivity index (χ0) is 13.3. The van der Waals surface area contributed by atoms with Gasteiger partial charge >= 0.3 is 5.97 Å². The van der Waals surface area contributed by atoms with Crippen LogP contribution in [-0.4, -0.2) is 18.1 Å². The highest BCUT2D eigenvalue weighted by Gasteiger charge is 2.25. The number of nitrogens with zero attached hydrogens (tertiary/aromatic N) is 1. The number of carbonyl (C=O) groups is 1. The summed E-state index contributed by atoms with van der Waals surface area (Å²) < 4.78 is 5.87. The molecule has 0 spiro atoms. The number of carbonyl (C=O) groups excluding carboxylic acids is 1. The van der Waals surface area contributed by atoms with E-state index in [1.807, 2.05) is 32.0 Å². The van der Waals surface area contributed by atoms with E-state index >= 15 is 0 Å². The maximum Gasteiger partial charge on any atom is 0.313 e. The molecule has 18 heavy (non-hydrogen) atoms. The molecule has 0 radical (unpaired) electrons. The highest BCUT2D eigenvalue weighted by molar-refractivity contribution is 7.22. The number of rotatable bonds is 3. The molecule has 1 heterocycles. The molecular formula is C13H16N2O2S. The predicted octanol–water partition coefficient (Wildman–Crippen LogP) is 2.79. The van der Waals surface area contributed by atoms with Crippen molar-refractivity contribution in [3.8, 4) is 0 Å². The van der Waals surface area contributed by atoms with Crippen LogP contribution in [0.2, 0.25) is 0 Å². The Balaban J connectivity index is 2.47. The summed E-state index contributed by atoms with van der Waals surface area (Å²) >= 11 is 1.43. The number of benzene rings is 1. The van der Waals surface area contributed by atoms with Crippen LogP contribution < -0.4 is 5.73 Å². The van der Waals surface area contributed by atoms with Gasteiger partial charge in [0.1, 0.15) is 0 Å². The van der Waals surface area contributed by atoms with Crippen LogP contribution in [0.15, 0.2) is 18.2 Å². The minimum absolute atomic E-state index is 0.181. The molecule has 2 rings (SSSR count). The van der Waals surface area contributed by atoms with Gasteiger partial charge in [-0.25, -0.2) is 4.98 Å². The molecule has 0 fully saturated rings. The van der Waals surface area contributed by atoms with Gasteiger partial charge in [-0.1, -0.05) is 31.3 Å². The average Bonchev–Trinajstić information content (AvgIpc) is 2.68. The van der Waals surface area contributed by atoms with Gasteiger partial charge in [-0.3, -0.25) is 4.79 Å². The topological polar surface area (TPSA) is 65.2 Å². The monoisotopic (exact) mass is 264 g/mol. The summed E-state index contributed by atoms with van der Waals surface area (Å²) in [5.74, 6) is -0.273. The lowest BCUT2D eigenvalue weighted by atomic mass is 9.88. The number of thiazole rings is 1. The summed E-state index contributed by atoms with van der Waals surface area (Å²) in [6.45, 7) is 4.01. The SMILES string of the molecule is COC(=O)C(c1ccc2nc(N)sc2c1)C(C)C. The molecule has 1 atom stereocenters. The molecule has 1 aromatic heterocycles. The predicted molar refractivity (Wildman–Crippen MR) is 73.6 cm³/mol. The van der Waals surface area contributed by atoms with Gasteiger partial charge in [0.25, 0.3) is 0 Å². The second-order valence-corrected chi connectivity index (χ2v) is 5.59. The lowest BCUT2D eigenvalue weighted by Gasteiger charge is -2.18. The number of ether oxygens (including phenoxy) is 1. The summed E-state index contributed by atoms with van der Waals surface area (Å²) in [7, 11) is 1.42. The highest BCUT2D eigenvalue weighted by atomic mass is 32.1. The van der Waals surface area contributed by atoms with Crippen LogP contribution in [0, 0.1) is 5.92 Å². The Kier molecular flexibility index (Phi) is 3.52. The molecule has 96 valence electrons. The number of aromatic nitrogens is 1. The summed E-state index contributed by atoms with van der Waals surface area (Å²) in [6, 6.07) is 5.80. The zero-order valence-corrected chi connectivity index (χ0v) is 11.5. The Morgan fingerprint density at radius 3 is 2.78 bits per heavy atom. The first-order chi connectivity index (χ1) is 8.52. The van der Waals surface area contributed by atoms with Crippen molar-refractivity contribution in [2.75, 3.05) is 12.8 Å². The van der Waals surface area contributed by atoms with Crippen LogP contribution in [0.5, 0.6) is 0 Å². The largest absolute Gasteiger partial charge is 0.469 e. The number of nitrogens with two attached hydrogens (primary N) is 1. The highest BCUT2D eigenvalue weighted by Crippen LogP contribution is 2.31. The fourth-order valence-corrected chi connectivity index (χ4v) is 2.86. The summed E-state index contributed by atoms with van der Waals surface area (Å²) in [5.41, 5.74) is 7.50. The molecule has 0 amide bonds. The zero-order valence-electron chi connectivity index (χ0n) is 10.6. The van der Waals surface area contributed by atoms with E-state index < -0.39 is 0 Å². The first-order valence-corrected chi connectivity index (χ1v) is 6.58. The smallest absolute Gasteiger partial charge is 0.313 e. The molecule has 2 N–H and O–H groups in total. The van der Waals surface area contributed by atoms with Gasteiger partial charge in [0, 0.05) is 0 Å². The molecule has 5 heteroatoms. The van der Waals surface area contributed by atoms with E-state index in [-0.39, 0.29) is 17.8 Å². The Hall–Kier alpha value is -1.62. The molecule has 0 saturated heterocycles. The van der Waals surface area contributed by atoms with Crippen LogP contribution >= 0.6 is 11.3 Å². The molecule has 2 aromatic rings. The Morgan fingerprint density at radius 2 is 2.17 bits per heavy atom. The maximum absolute atomic E-state index is 11.8. The van der Waals surface area contributed by atoms with Crippen LogP contribution in [-0.2, 0) is 9.53 Å². The van der Waals surface area contributed by atoms with E-state index in [1.54, 1.807) is 0 Å². The van der Waals surface area contributed by atoms with Crippen molar-refractivity contribution in [1.29, 1.82) is 0 Å². The van der Waals surface area contributed by atoms with Crippen LogP contribution in [0.1, 0.15) is 25.3 Å². The molecule has 0 aliphatic rings. The van der Waals surface area contributed by atoms with E-state index in [0.717, 1.165) is 15.8 Å². The maximum atomic E-state index is 11.8. The van der Waals surface area contributed by atoms with Crippen LogP contribution in [0.4, 0.5) is 5.13 Å². The molecule has 0 bridgehead atoms. The Labute approximate surface area is 110 Å². The fourth-order valence-electron chi connectivity index (χ4n) is 2.07. The van der Waals surface area contributed by atoms with Gasteiger partial charge in [-0.15, -0.1) is 0 Å². The minimum atomic E-state index is -0.247. The molecule has 0 saturated carbocycles. The lowest BCUT2D eigenvalue weighted by Crippen LogP contribution is -2.19. The van der Waals surface area contributed by atoms with Crippen molar-refractivity contribution < 1.29 is 9.53 Å². The fraction of sp³-hybridized carbons (Fsp3) is 0.385. The van der Waals surface area contributed by atoms with Gasteiger partial charge in [0.15, 0.2) is 5.13 Å². The first-order valence-electron chi connectivity index (χ1n) is 5.76. The third-order valence-corrected chi connectivity index (χ3v) is 3.76. The minimum Gasteiger partial charge on any atom is -0.469 e. The average molecular weight is 264 g/mol. The first kappa shape index (κ1) is 12.8. The number of fused-ring (bicyclic) bond motifs is 1. The van der Waals surface area contributed by atoms with Crippen molar-refractivity contribution in [2.45, 2.75) is 19.8 Å². The second kappa shape index (κ2) is 4.94. The summed E-state index contributed by atoms with van der Waals surface area (Å²) in [4.78, 5) is 16.0. The molecule has 0 aliphatic heterocycles. The van der Waals surface area contributed by atoms with E-state index in [0.29, 0.717) is 5.13 Å². The molecular weight excluding hydrogens is 248 g/mol. The van der Waals surface area contributed by atoms with Crippen molar-refractivity contribution in [1.82, 2.24) is 4.98 Å². The quantitative estimate of drug-likeness (QED) is 0.866.